The summed E-state index contributed by atoms with van der Waals surface area (Å²) in [6, 6.07) is 3.62. The molecule has 1 amide bonds. The molecule has 4 nitrogen and oxygen atoms in total. The molecule has 0 aliphatic rings. The van der Waals surface area contributed by atoms with Crippen molar-refractivity contribution in [3.8, 4) is 0 Å². The molecule has 4 heteroatoms. The van der Waals surface area contributed by atoms with Crippen LogP contribution in [0, 0.1) is 0 Å². The van der Waals surface area contributed by atoms with Gasteiger partial charge >= 0.3 is 0 Å². The average Bonchev–Trinajstić information content (AvgIpc) is 2.76. The highest BCUT2D eigenvalue weighted by Gasteiger charge is 2.10. The molecule has 1 aromatic heterocycles. The topological polar surface area (TPSA) is 46.1 Å². The lowest BCUT2D eigenvalue weighted by atomic mass is 10.2. The van der Waals surface area contributed by atoms with E-state index in [0.717, 1.165) is 13.0 Å². The van der Waals surface area contributed by atoms with E-state index in [1.807, 2.05) is 31.5 Å². The van der Waals surface area contributed by atoms with Crippen molar-refractivity contribution < 1.29 is 4.79 Å². The largest absolute Gasteiger partial charge is 0.354 e. The van der Waals surface area contributed by atoms with Crippen molar-refractivity contribution in [2.75, 3.05) is 12.0 Å². The minimum atomic E-state index is -0.214. The summed E-state index contributed by atoms with van der Waals surface area (Å²) in [5.41, 5.74) is 3.07. The zero-order chi connectivity index (χ0) is 11.8. The van der Waals surface area contributed by atoms with E-state index in [-0.39, 0.29) is 11.9 Å². The summed E-state index contributed by atoms with van der Waals surface area (Å²) in [6.45, 7) is 4.78. The van der Waals surface area contributed by atoms with Gasteiger partial charge in [0.2, 0.25) is 5.91 Å². The standard InChI is InChI=1S/C12H21N3O/c1-3-4-5-8-13-12(16)11(2)14-15-9-6-7-10-15/h6-7,9-11,14H,3-5,8H2,1-2H3,(H,13,16). The molecule has 0 aromatic carbocycles. The fraction of sp³-hybridized carbons (Fsp3) is 0.583. The Kier molecular flexibility index (Phi) is 5.46. The van der Waals surface area contributed by atoms with Gasteiger partial charge in [-0.05, 0) is 25.5 Å². The fourth-order valence-electron chi connectivity index (χ4n) is 1.44. The third-order valence-electron chi connectivity index (χ3n) is 2.42. The monoisotopic (exact) mass is 223 g/mol. The first kappa shape index (κ1) is 12.6. The van der Waals surface area contributed by atoms with Crippen LogP contribution in [0.1, 0.15) is 33.1 Å². The molecule has 1 rings (SSSR count). The lowest BCUT2D eigenvalue weighted by Crippen LogP contribution is -2.40. The highest BCUT2D eigenvalue weighted by molar-refractivity contribution is 5.82. The molecule has 0 aliphatic carbocycles. The predicted octanol–water partition coefficient (Wildman–Crippen LogP) is 1.73. The van der Waals surface area contributed by atoms with Gasteiger partial charge in [0.05, 0.1) is 0 Å². The Hall–Kier alpha value is -1.45. The Balaban J connectivity index is 2.20. The smallest absolute Gasteiger partial charge is 0.243 e. The summed E-state index contributed by atoms with van der Waals surface area (Å²) in [5, 5.41) is 2.91. The minimum Gasteiger partial charge on any atom is -0.354 e. The van der Waals surface area contributed by atoms with E-state index in [2.05, 4.69) is 17.7 Å². The molecule has 2 N–H and O–H groups in total. The van der Waals surface area contributed by atoms with Crippen molar-refractivity contribution >= 4 is 5.91 Å². The van der Waals surface area contributed by atoms with Crippen molar-refractivity contribution in [3.63, 3.8) is 0 Å². The second-order valence-electron chi connectivity index (χ2n) is 3.94. The molecule has 0 saturated heterocycles. The molecule has 0 spiro atoms. The normalized spacial score (nSPS) is 12.1. The summed E-state index contributed by atoms with van der Waals surface area (Å²) in [5.74, 6) is 0.0461. The van der Waals surface area contributed by atoms with Crippen LogP contribution in [0.2, 0.25) is 0 Å². The third-order valence-corrected chi connectivity index (χ3v) is 2.42. The van der Waals surface area contributed by atoms with Crippen molar-refractivity contribution in [1.82, 2.24) is 9.99 Å². The Labute approximate surface area is 97.0 Å². The van der Waals surface area contributed by atoms with Crippen LogP contribution in [0.15, 0.2) is 24.5 Å². The molecule has 0 bridgehead atoms. The number of amides is 1. The average molecular weight is 223 g/mol. The summed E-state index contributed by atoms with van der Waals surface area (Å²) >= 11 is 0. The number of aromatic nitrogens is 1. The molecule has 0 aliphatic heterocycles. The number of unbranched alkanes of at least 4 members (excludes halogenated alkanes) is 2. The van der Waals surface area contributed by atoms with Gasteiger partial charge in [0, 0.05) is 18.9 Å². The summed E-state index contributed by atoms with van der Waals surface area (Å²) in [4.78, 5) is 11.6. The fourth-order valence-corrected chi connectivity index (χ4v) is 1.44. The van der Waals surface area contributed by atoms with E-state index in [4.69, 9.17) is 0 Å². The van der Waals surface area contributed by atoms with E-state index in [0.29, 0.717) is 0 Å². The molecule has 1 atom stereocenters. The summed E-state index contributed by atoms with van der Waals surface area (Å²) < 4.78 is 1.79. The van der Waals surface area contributed by atoms with Crippen LogP contribution in [0.5, 0.6) is 0 Å². The Bertz CT molecular complexity index is 295. The molecular formula is C12H21N3O. The van der Waals surface area contributed by atoms with Crippen LogP contribution >= 0.6 is 0 Å². The first-order valence-corrected chi connectivity index (χ1v) is 5.91. The number of carbonyl (C=O) groups is 1. The highest BCUT2D eigenvalue weighted by Crippen LogP contribution is 1.93. The zero-order valence-electron chi connectivity index (χ0n) is 10.1. The Morgan fingerprint density at radius 1 is 1.31 bits per heavy atom. The van der Waals surface area contributed by atoms with Crippen molar-refractivity contribution in [2.24, 2.45) is 0 Å². The lowest BCUT2D eigenvalue weighted by Gasteiger charge is -2.15. The second kappa shape index (κ2) is 6.93. The van der Waals surface area contributed by atoms with E-state index in [1.165, 1.54) is 12.8 Å². The molecule has 1 aromatic rings. The van der Waals surface area contributed by atoms with Gasteiger partial charge in [0.25, 0.3) is 0 Å². The number of carbonyl (C=O) groups excluding carboxylic acids is 1. The molecule has 0 saturated carbocycles. The number of rotatable bonds is 7. The van der Waals surface area contributed by atoms with Crippen molar-refractivity contribution in [3.05, 3.63) is 24.5 Å². The van der Waals surface area contributed by atoms with Crippen LogP contribution < -0.4 is 10.7 Å². The molecule has 1 unspecified atom stereocenters. The van der Waals surface area contributed by atoms with Gasteiger partial charge in [-0.25, -0.2) is 0 Å². The van der Waals surface area contributed by atoms with Crippen molar-refractivity contribution in [1.29, 1.82) is 0 Å². The van der Waals surface area contributed by atoms with Crippen LogP contribution in [-0.4, -0.2) is 23.2 Å². The van der Waals surface area contributed by atoms with Gasteiger partial charge in [-0.3, -0.25) is 9.47 Å². The highest BCUT2D eigenvalue weighted by atomic mass is 16.2. The van der Waals surface area contributed by atoms with Gasteiger partial charge in [-0.1, -0.05) is 19.8 Å². The van der Waals surface area contributed by atoms with Crippen LogP contribution in [-0.2, 0) is 4.79 Å². The first-order valence-electron chi connectivity index (χ1n) is 5.91. The number of hydrogen-bond acceptors (Lipinski definition) is 2. The van der Waals surface area contributed by atoms with Gasteiger partial charge in [-0.15, -0.1) is 0 Å². The maximum Gasteiger partial charge on any atom is 0.243 e. The van der Waals surface area contributed by atoms with Crippen molar-refractivity contribution in [2.45, 2.75) is 39.2 Å². The summed E-state index contributed by atoms with van der Waals surface area (Å²) in [6.07, 6.45) is 7.15. The van der Waals surface area contributed by atoms with E-state index in [9.17, 15) is 4.79 Å². The molecule has 1 heterocycles. The maximum atomic E-state index is 11.6. The Morgan fingerprint density at radius 2 is 2.00 bits per heavy atom. The Morgan fingerprint density at radius 3 is 2.62 bits per heavy atom. The van der Waals surface area contributed by atoms with Gasteiger partial charge < -0.3 is 10.7 Å². The predicted molar refractivity (Wildman–Crippen MR) is 65.8 cm³/mol. The van der Waals surface area contributed by atoms with Gasteiger partial charge in [-0.2, -0.15) is 0 Å². The molecule has 16 heavy (non-hydrogen) atoms. The zero-order valence-corrected chi connectivity index (χ0v) is 10.1. The van der Waals surface area contributed by atoms with Gasteiger partial charge in [0.1, 0.15) is 6.04 Å². The maximum absolute atomic E-state index is 11.6. The molecule has 0 radical (unpaired) electrons. The van der Waals surface area contributed by atoms with Crippen LogP contribution in [0.4, 0.5) is 0 Å². The second-order valence-corrected chi connectivity index (χ2v) is 3.94. The molecule has 0 fully saturated rings. The van der Waals surface area contributed by atoms with E-state index < -0.39 is 0 Å². The molecule has 90 valence electrons. The number of nitrogens with zero attached hydrogens (tertiary/aromatic N) is 1. The quantitative estimate of drug-likeness (QED) is 0.691. The number of nitrogens with one attached hydrogen (secondary N) is 2. The van der Waals surface area contributed by atoms with E-state index >= 15 is 0 Å². The number of hydrogen-bond donors (Lipinski definition) is 2. The van der Waals surface area contributed by atoms with Crippen LogP contribution in [0.25, 0.3) is 0 Å². The van der Waals surface area contributed by atoms with E-state index in [1.54, 1.807) is 4.68 Å². The minimum absolute atomic E-state index is 0.0461. The lowest BCUT2D eigenvalue weighted by molar-refractivity contribution is -0.121. The SMILES string of the molecule is CCCCCNC(=O)C(C)Nn1cccc1. The third kappa shape index (κ3) is 4.38. The molecular weight excluding hydrogens is 202 g/mol. The van der Waals surface area contributed by atoms with Gasteiger partial charge in [0.15, 0.2) is 0 Å². The summed E-state index contributed by atoms with van der Waals surface area (Å²) in [7, 11) is 0. The first-order chi connectivity index (χ1) is 7.74. The van der Waals surface area contributed by atoms with Crippen LogP contribution in [0.3, 0.4) is 0 Å².